The maximum atomic E-state index is 6.16. The van der Waals surface area contributed by atoms with Crippen molar-refractivity contribution in [2.75, 3.05) is 26.9 Å². The van der Waals surface area contributed by atoms with Crippen molar-refractivity contribution >= 4 is 34.5 Å². The van der Waals surface area contributed by atoms with Gasteiger partial charge in [0, 0.05) is 36.0 Å². The van der Waals surface area contributed by atoms with Crippen LogP contribution in [0.3, 0.4) is 0 Å². The first kappa shape index (κ1) is 24.2. The Hall–Kier alpha value is -2.94. The lowest BCUT2D eigenvalue weighted by Gasteiger charge is -2.37. The van der Waals surface area contributed by atoms with Crippen LogP contribution in [0.2, 0.25) is 5.02 Å². The molecule has 1 atom stereocenters. The number of aromatic nitrogens is 2. The largest absolute Gasteiger partial charge is 0.497 e. The number of benzene rings is 2. The van der Waals surface area contributed by atoms with Gasteiger partial charge in [-0.25, -0.2) is 0 Å². The minimum Gasteiger partial charge on any atom is -0.497 e. The summed E-state index contributed by atoms with van der Waals surface area (Å²) < 4.78 is 16.6. The van der Waals surface area contributed by atoms with Gasteiger partial charge in [-0.05, 0) is 62.3 Å². The summed E-state index contributed by atoms with van der Waals surface area (Å²) in [5, 5.41) is 8.95. The molecule has 0 amide bonds. The zero-order valence-corrected chi connectivity index (χ0v) is 20.9. The van der Waals surface area contributed by atoms with Gasteiger partial charge in [-0.1, -0.05) is 41.0 Å². The molecule has 0 spiro atoms. The number of halogens is 1. The molecule has 34 heavy (non-hydrogen) atoms. The molecule has 7 nitrogen and oxygen atoms in total. The van der Waals surface area contributed by atoms with Gasteiger partial charge in [0.1, 0.15) is 5.75 Å². The van der Waals surface area contributed by atoms with Gasteiger partial charge in [0.25, 0.3) is 5.89 Å². The molecule has 1 aliphatic heterocycles. The van der Waals surface area contributed by atoms with E-state index in [0.29, 0.717) is 41.6 Å². The highest BCUT2D eigenvalue weighted by molar-refractivity contribution is 7.80. The maximum Gasteiger partial charge on any atom is 0.258 e. The number of methoxy groups -OCH3 is 1. The van der Waals surface area contributed by atoms with Gasteiger partial charge in [-0.2, -0.15) is 4.98 Å². The van der Waals surface area contributed by atoms with E-state index in [2.05, 4.69) is 15.4 Å². The SMILES string of the molecule is CCOCCCN1C(=S)NC(c2ccc(OC)cc2)C(c2nc(-c3cccc(Cl)c3)no2)=C1C. The number of nitrogens with zero attached hydrogens (tertiary/aromatic N) is 3. The number of nitrogens with one attached hydrogen (secondary N) is 1. The van der Waals surface area contributed by atoms with E-state index >= 15 is 0 Å². The third-order valence-corrected chi connectivity index (χ3v) is 6.23. The summed E-state index contributed by atoms with van der Waals surface area (Å²) in [6.07, 6.45) is 0.838. The second-order valence-corrected chi connectivity index (χ2v) is 8.61. The highest BCUT2D eigenvalue weighted by atomic mass is 35.5. The van der Waals surface area contributed by atoms with E-state index in [1.54, 1.807) is 7.11 Å². The molecule has 2 aromatic carbocycles. The zero-order chi connectivity index (χ0) is 24.1. The molecule has 0 saturated carbocycles. The fraction of sp³-hybridized carbons (Fsp3) is 0.320. The van der Waals surface area contributed by atoms with Crippen LogP contribution in [0.1, 0.15) is 37.8 Å². The van der Waals surface area contributed by atoms with Crippen LogP contribution in [0.25, 0.3) is 17.0 Å². The van der Waals surface area contributed by atoms with Crippen molar-refractivity contribution in [3.05, 3.63) is 70.7 Å². The molecular weight excluding hydrogens is 472 g/mol. The van der Waals surface area contributed by atoms with Crippen LogP contribution in [0.5, 0.6) is 5.75 Å². The molecule has 0 fully saturated rings. The Morgan fingerprint density at radius 2 is 2.00 bits per heavy atom. The molecule has 0 saturated heterocycles. The van der Waals surface area contributed by atoms with E-state index in [4.69, 9.17) is 42.8 Å². The van der Waals surface area contributed by atoms with Crippen molar-refractivity contribution in [2.45, 2.75) is 26.3 Å². The van der Waals surface area contributed by atoms with Crippen LogP contribution in [-0.4, -0.2) is 47.0 Å². The second-order valence-electron chi connectivity index (χ2n) is 7.79. The topological polar surface area (TPSA) is 72.7 Å². The van der Waals surface area contributed by atoms with Crippen molar-refractivity contribution in [3.63, 3.8) is 0 Å². The van der Waals surface area contributed by atoms with E-state index in [1.165, 1.54) is 0 Å². The van der Waals surface area contributed by atoms with E-state index in [0.717, 1.165) is 34.6 Å². The van der Waals surface area contributed by atoms with Gasteiger partial charge in [-0.3, -0.25) is 0 Å². The van der Waals surface area contributed by atoms with Gasteiger partial charge in [0.15, 0.2) is 5.11 Å². The molecule has 1 N–H and O–H groups in total. The Bertz CT molecular complexity index is 1180. The number of hydrogen-bond donors (Lipinski definition) is 1. The first-order valence-electron chi connectivity index (χ1n) is 11.1. The molecule has 1 aliphatic rings. The highest BCUT2D eigenvalue weighted by Crippen LogP contribution is 2.38. The van der Waals surface area contributed by atoms with Crippen LogP contribution >= 0.6 is 23.8 Å². The van der Waals surface area contributed by atoms with Gasteiger partial charge >= 0.3 is 0 Å². The predicted molar refractivity (Wildman–Crippen MR) is 137 cm³/mol. The summed E-state index contributed by atoms with van der Waals surface area (Å²) in [4.78, 5) is 6.78. The molecule has 9 heteroatoms. The Balaban J connectivity index is 1.73. The van der Waals surface area contributed by atoms with E-state index in [-0.39, 0.29) is 6.04 Å². The Kier molecular flexibility index (Phi) is 7.82. The van der Waals surface area contributed by atoms with Gasteiger partial charge in [0.2, 0.25) is 5.82 Å². The van der Waals surface area contributed by atoms with Crippen LogP contribution in [0.4, 0.5) is 0 Å². The molecule has 178 valence electrons. The molecule has 2 heterocycles. The number of allylic oxidation sites excluding steroid dienone is 1. The molecule has 0 bridgehead atoms. The number of rotatable bonds is 9. The smallest absolute Gasteiger partial charge is 0.258 e. The first-order chi connectivity index (χ1) is 16.5. The van der Waals surface area contributed by atoms with Crippen molar-refractivity contribution in [2.24, 2.45) is 0 Å². The van der Waals surface area contributed by atoms with Gasteiger partial charge in [-0.15, -0.1) is 0 Å². The lowest BCUT2D eigenvalue weighted by Crippen LogP contribution is -2.46. The summed E-state index contributed by atoms with van der Waals surface area (Å²) in [5.74, 6) is 1.68. The van der Waals surface area contributed by atoms with Crippen LogP contribution in [0.15, 0.2) is 58.8 Å². The summed E-state index contributed by atoms with van der Waals surface area (Å²) in [6.45, 7) is 6.09. The second kappa shape index (κ2) is 11.0. The summed E-state index contributed by atoms with van der Waals surface area (Å²) in [7, 11) is 1.65. The molecule has 0 aliphatic carbocycles. The minimum absolute atomic E-state index is 0.255. The monoisotopic (exact) mass is 498 g/mol. The van der Waals surface area contributed by atoms with Gasteiger partial charge < -0.3 is 24.2 Å². The van der Waals surface area contributed by atoms with Crippen molar-refractivity contribution in [3.8, 4) is 17.1 Å². The van der Waals surface area contributed by atoms with E-state index in [9.17, 15) is 0 Å². The minimum atomic E-state index is -0.255. The Morgan fingerprint density at radius 3 is 2.71 bits per heavy atom. The molecule has 1 unspecified atom stereocenters. The molecule has 1 aromatic heterocycles. The van der Waals surface area contributed by atoms with Crippen molar-refractivity contribution in [1.29, 1.82) is 0 Å². The lowest BCUT2D eigenvalue weighted by molar-refractivity contribution is 0.141. The van der Waals surface area contributed by atoms with E-state index in [1.807, 2.05) is 62.4 Å². The first-order valence-corrected chi connectivity index (χ1v) is 11.9. The normalized spacial score (nSPS) is 16.1. The number of thiocarbonyl (C=S) groups is 1. The molecular formula is C25H27ClN4O3S. The van der Waals surface area contributed by atoms with Gasteiger partial charge in [0.05, 0.1) is 18.7 Å². The average Bonchev–Trinajstić information content (AvgIpc) is 3.33. The van der Waals surface area contributed by atoms with Crippen LogP contribution < -0.4 is 10.1 Å². The molecule has 3 aromatic rings. The maximum absolute atomic E-state index is 6.16. The summed E-state index contributed by atoms with van der Waals surface area (Å²) in [5.41, 5.74) is 3.63. The number of ether oxygens (including phenoxy) is 2. The fourth-order valence-corrected chi connectivity index (χ4v) is 4.46. The Morgan fingerprint density at radius 1 is 1.21 bits per heavy atom. The highest BCUT2D eigenvalue weighted by Gasteiger charge is 2.34. The summed E-state index contributed by atoms with van der Waals surface area (Å²) >= 11 is 11.9. The summed E-state index contributed by atoms with van der Waals surface area (Å²) in [6, 6.07) is 15.0. The third-order valence-electron chi connectivity index (χ3n) is 5.66. The fourth-order valence-electron chi connectivity index (χ4n) is 3.92. The third kappa shape index (κ3) is 5.24. The number of hydrogen-bond acceptors (Lipinski definition) is 6. The Labute approximate surface area is 209 Å². The lowest BCUT2D eigenvalue weighted by atomic mass is 9.94. The van der Waals surface area contributed by atoms with E-state index < -0.39 is 0 Å². The van der Waals surface area contributed by atoms with Crippen LogP contribution in [0, 0.1) is 0 Å². The predicted octanol–water partition coefficient (Wildman–Crippen LogP) is 5.49. The standard InChI is InChI=1S/C25H27ClN4O3S/c1-4-32-14-6-13-30-16(2)21(22(27-25(30)34)17-9-11-20(31-3)12-10-17)24-28-23(29-33-24)18-7-5-8-19(26)15-18/h5,7-12,15,22H,4,6,13-14H2,1-3H3,(H,27,34). The molecule has 0 radical (unpaired) electrons. The average molecular weight is 499 g/mol. The quantitative estimate of drug-likeness (QED) is 0.307. The molecule has 4 rings (SSSR count). The van der Waals surface area contributed by atoms with Crippen molar-refractivity contribution in [1.82, 2.24) is 20.4 Å². The zero-order valence-electron chi connectivity index (χ0n) is 19.4. The van der Waals surface area contributed by atoms with Crippen molar-refractivity contribution < 1.29 is 14.0 Å². The van der Waals surface area contributed by atoms with Crippen LogP contribution in [-0.2, 0) is 4.74 Å².